The Labute approximate surface area is 77.7 Å². The molecule has 0 bridgehead atoms. The van der Waals surface area contributed by atoms with E-state index in [0.29, 0.717) is 6.04 Å². The number of nitrogens with two attached hydrogens (primary N) is 1. The van der Waals surface area contributed by atoms with Crippen LogP contribution in [0.5, 0.6) is 0 Å². The summed E-state index contributed by atoms with van der Waals surface area (Å²) in [5, 5.41) is 0. The standard InChI is InChI=1S/C11H25N/c1-4-5-6-7-8-11(12)9-10(2)3/h10-11H,4-9,12H2,1-3H3. The number of hydrogen-bond acceptors (Lipinski definition) is 1. The van der Waals surface area contributed by atoms with Gasteiger partial charge in [-0.1, -0.05) is 46.5 Å². The Bertz CT molecular complexity index is 89.0. The molecule has 0 fully saturated rings. The maximum Gasteiger partial charge on any atom is 0.00412 e. The summed E-state index contributed by atoms with van der Waals surface area (Å²) in [5.41, 5.74) is 5.96. The topological polar surface area (TPSA) is 26.0 Å². The molecule has 0 saturated carbocycles. The maximum atomic E-state index is 5.96. The molecule has 1 heteroatoms. The van der Waals surface area contributed by atoms with Gasteiger partial charge in [0.2, 0.25) is 0 Å². The Hall–Kier alpha value is -0.0400. The van der Waals surface area contributed by atoms with E-state index in [2.05, 4.69) is 20.8 Å². The fourth-order valence-electron chi connectivity index (χ4n) is 1.56. The largest absolute Gasteiger partial charge is 0.328 e. The van der Waals surface area contributed by atoms with Gasteiger partial charge in [0.05, 0.1) is 0 Å². The van der Waals surface area contributed by atoms with Gasteiger partial charge < -0.3 is 5.73 Å². The fourth-order valence-corrected chi connectivity index (χ4v) is 1.56. The average Bonchev–Trinajstić information content (AvgIpc) is 1.97. The molecule has 2 N–H and O–H groups in total. The van der Waals surface area contributed by atoms with Crippen LogP contribution >= 0.6 is 0 Å². The smallest absolute Gasteiger partial charge is 0.00412 e. The van der Waals surface area contributed by atoms with Crippen LogP contribution in [0.1, 0.15) is 59.3 Å². The lowest BCUT2D eigenvalue weighted by Crippen LogP contribution is -2.21. The minimum Gasteiger partial charge on any atom is -0.328 e. The van der Waals surface area contributed by atoms with Crippen LogP contribution in [0.4, 0.5) is 0 Å². The zero-order chi connectivity index (χ0) is 9.40. The van der Waals surface area contributed by atoms with Gasteiger partial charge in [-0.3, -0.25) is 0 Å². The van der Waals surface area contributed by atoms with Crippen molar-refractivity contribution in [3.05, 3.63) is 0 Å². The fraction of sp³-hybridized carbons (Fsp3) is 1.00. The molecule has 74 valence electrons. The van der Waals surface area contributed by atoms with Gasteiger partial charge >= 0.3 is 0 Å². The highest BCUT2D eigenvalue weighted by Crippen LogP contribution is 2.10. The Morgan fingerprint density at radius 3 is 2.25 bits per heavy atom. The Morgan fingerprint density at radius 1 is 1.08 bits per heavy atom. The van der Waals surface area contributed by atoms with Crippen LogP contribution in [-0.2, 0) is 0 Å². The van der Waals surface area contributed by atoms with Gasteiger partial charge in [-0.15, -0.1) is 0 Å². The van der Waals surface area contributed by atoms with Crippen LogP contribution in [0.25, 0.3) is 0 Å². The van der Waals surface area contributed by atoms with Gasteiger partial charge in [0.1, 0.15) is 0 Å². The quantitative estimate of drug-likeness (QED) is 0.584. The third-order valence-corrected chi connectivity index (χ3v) is 2.20. The predicted molar refractivity (Wildman–Crippen MR) is 56.2 cm³/mol. The molecule has 1 nitrogen and oxygen atoms in total. The van der Waals surface area contributed by atoms with Crippen molar-refractivity contribution in [1.82, 2.24) is 0 Å². The number of unbranched alkanes of at least 4 members (excludes halogenated alkanes) is 3. The Morgan fingerprint density at radius 2 is 1.75 bits per heavy atom. The molecular weight excluding hydrogens is 146 g/mol. The minimum atomic E-state index is 0.446. The predicted octanol–water partition coefficient (Wildman–Crippen LogP) is 3.33. The van der Waals surface area contributed by atoms with E-state index in [-0.39, 0.29) is 0 Å². The third-order valence-electron chi connectivity index (χ3n) is 2.20. The molecule has 0 saturated heterocycles. The molecule has 0 heterocycles. The molecule has 0 amide bonds. The lowest BCUT2D eigenvalue weighted by atomic mass is 9.99. The van der Waals surface area contributed by atoms with Crippen molar-refractivity contribution in [3.63, 3.8) is 0 Å². The Kier molecular flexibility index (Phi) is 7.58. The summed E-state index contributed by atoms with van der Waals surface area (Å²) < 4.78 is 0. The van der Waals surface area contributed by atoms with Gasteiger partial charge in [0.25, 0.3) is 0 Å². The second kappa shape index (κ2) is 7.60. The molecule has 1 atom stereocenters. The van der Waals surface area contributed by atoms with Gasteiger partial charge in [0.15, 0.2) is 0 Å². The van der Waals surface area contributed by atoms with E-state index in [0.717, 1.165) is 5.92 Å². The summed E-state index contributed by atoms with van der Waals surface area (Å²) in [6.45, 7) is 6.73. The van der Waals surface area contributed by atoms with Crippen molar-refractivity contribution in [2.45, 2.75) is 65.3 Å². The first kappa shape index (κ1) is 12.0. The van der Waals surface area contributed by atoms with E-state index in [9.17, 15) is 0 Å². The average molecular weight is 171 g/mol. The molecule has 1 unspecified atom stereocenters. The van der Waals surface area contributed by atoms with Gasteiger partial charge in [-0.25, -0.2) is 0 Å². The zero-order valence-corrected chi connectivity index (χ0v) is 8.97. The molecule has 0 rings (SSSR count). The normalized spacial score (nSPS) is 13.8. The summed E-state index contributed by atoms with van der Waals surface area (Å²) in [7, 11) is 0. The van der Waals surface area contributed by atoms with Crippen molar-refractivity contribution >= 4 is 0 Å². The van der Waals surface area contributed by atoms with E-state index in [1.165, 1.54) is 38.5 Å². The first-order valence-corrected chi connectivity index (χ1v) is 5.42. The van der Waals surface area contributed by atoms with Crippen molar-refractivity contribution in [3.8, 4) is 0 Å². The summed E-state index contributed by atoms with van der Waals surface area (Å²) in [6.07, 6.45) is 7.78. The summed E-state index contributed by atoms with van der Waals surface area (Å²) in [6, 6.07) is 0.446. The lowest BCUT2D eigenvalue weighted by Gasteiger charge is -2.13. The van der Waals surface area contributed by atoms with Crippen LogP contribution in [-0.4, -0.2) is 6.04 Å². The van der Waals surface area contributed by atoms with Gasteiger partial charge in [0, 0.05) is 6.04 Å². The van der Waals surface area contributed by atoms with E-state index in [1.54, 1.807) is 0 Å². The van der Waals surface area contributed by atoms with Crippen molar-refractivity contribution in [2.75, 3.05) is 0 Å². The molecule has 12 heavy (non-hydrogen) atoms. The molecule has 0 aliphatic carbocycles. The van der Waals surface area contributed by atoms with Crippen LogP contribution in [0, 0.1) is 5.92 Å². The first-order chi connectivity index (χ1) is 5.66. The molecule has 0 radical (unpaired) electrons. The molecule has 0 aromatic carbocycles. The highest BCUT2D eigenvalue weighted by Gasteiger charge is 2.04. The second-order valence-electron chi connectivity index (χ2n) is 4.24. The number of rotatable bonds is 7. The molecule has 0 spiro atoms. The molecule has 0 aromatic heterocycles. The van der Waals surface area contributed by atoms with E-state index < -0.39 is 0 Å². The van der Waals surface area contributed by atoms with E-state index >= 15 is 0 Å². The molecule has 0 aliphatic heterocycles. The first-order valence-electron chi connectivity index (χ1n) is 5.42. The van der Waals surface area contributed by atoms with E-state index in [1.807, 2.05) is 0 Å². The highest BCUT2D eigenvalue weighted by atomic mass is 14.6. The summed E-state index contributed by atoms with van der Waals surface area (Å²) >= 11 is 0. The summed E-state index contributed by atoms with van der Waals surface area (Å²) in [5.74, 6) is 0.756. The van der Waals surface area contributed by atoms with Gasteiger partial charge in [-0.2, -0.15) is 0 Å². The SMILES string of the molecule is CCCCCCC(N)CC(C)C. The van der Waals surface area contributed by atoms with E-state index in [4.69, 9.17) is 5.73 Å². The minimum absolute atomic E-state index is 0.446. The third kappa shape index (κ3) is 8.06. The van der Waals surface area contributed by atoms with Crippen molar-refractivity contribution in [1.29, 1.82) is 0 Å². The lowest BCUT2D eigenvalue weighted by molar-refractivity contribution is 0.454. The van der Waals surface area contributed by atoms with Crippen molar-refractivity contribution in [2.24, 2.45) is 11.7 Å². The van der Waals surface area contributed by atoms with Crippen LogP contribution in [0.3, 0.4) is 0 Å². The van der Waals surface area contributed by atoms with Crippen molar-refractivity contribution < 1.29 is 0 Å². The highest BCUT2D eigenvalue weighted by molar-refractivity contribution is 4.63. The summed E-state index contributed by atoms with van der Waals surface area (Å²) in [4.78, 5) is 0. The van der Waals surface area contributed by atoms with Crippen LogP contribution in [0.2, 0.25) is 0 Å². The van der Waals surface area contributed by atoms with Crippen LogP contribution in [0.15, 0.2) is 0 Å². The molecule has 0 aromatic rings. The molecular formula is C11H25N. The Balaban J connectivity index is 3.14. The second-order valence-corrected chi connectivity index (χ2v) is 4.24. The van der Waals surface area contributed by atoms with Gasteiger partial charge in [-0.05, 0) is 18.8 Å². The molecule has 0 aliphatic rings. The van der Waals surface area contributed by atoms with Crippen LogP contribution < -0.4 is 5.73 Å². The monoisotopic (exact) mass is 171 g/mol. The maximum absolute atomic E-state index is 5.96. The number of hydrogen-bond donors (Lipinski definition) is 1. The zero-order valence-electron chi connectivity index (χ0n) is 8.97.